The summed E-state index contributed by atoms with van der Waals surface area (Å²) in [6.07, 6.45) is -0.324. The highest BCUT2D eigenvalue weighted by Gasteiger charge is 2.24. The number of aliphatic hydroxyl groups is 1. The van der Waals surface area contributed by atoms with Crippen LogP contribution in [-0.2, 0) is 14.3 Å². The van der Waals surface area contributed by atoms with E-state index in [0.29, 0.717) is 19.0 Å². The van der Waals surface area contributed by atoms with E-state index in [-0.39, 0.29) is 18.1 Å². The van der Waals surface area contributed by atoms with Crippen molar-refractivity contribution in [3.05, 3.63) is 11.3 Å². The summed E-state index contributed by atoms with van der Waals surface area (Å²) in [5, 5.41) is 18.0. The van der Waals surface area contributed by atoms with Crippen molar-refractivity contribution >= 4 is 5.97 Å². The average Bonchev–Trinajstić information content (AvgIpc) is 2.93. The molecule has 1 saturated heterocycles. The Morgan fingerprint density at radius 2 is 2.27 bits per heavy atom. The molecule has 2 atom stereocenters. The highest BCUT2D eigenvalue weighted by atomic mass is 16.6. The first kappa shape index (κ1) is 12.0. The fourth-order valence-electron chi connectivity index (χ4n) is 1.07. The van der Waals surface area contributed by atoms with Gasteiger partial charge in [0.05, 0.1) is 18.3 Å². The van der Waals surface area contributed by atoms with E-state index in [2.05, 4.69) is 0 Å². The highest BCUT2D eigenvalue weighted by Crippen LogP contribution is 2.17. The number of epoxide rings is 1. The molecule has 0 aliphatic carbocycles. The molecule has 0 bridgehead atoms. The Hall–Kier alpha value is -1.07. The molecule has 86 valence electrons. The summed E-state index contributed by atoms with van der Waals surface area (Å²) in [6, 6.07) is 0. The fourth-order valence-corrected chi connectivity index (χ4v) is 1.07. The van der Waals surface area contributed by atoms with E-state index in [0.717, 1.165) is 0 Å². The molecule has 2 unspecified atom stereocenters. The number of carboxylic acid groups (broad SMARTS) is 1. The predicted molar refractivity (Wildman–Crippen MR) is 52.3 cm³/mol. The normalized spacial score (nSPS) is 23.0. The molecule has 0 aromatic carbocycles. The number of hydrogen-bond donors (Lipinski definition) is 2. The first-order valence-corrected chi connectivity index (χ1v) is 4.86. The van der Waals surface area contributed by atoms with E-state index in [1.807, 2.05) is 0 Å². The minimum absolute atomic E-state index is 0.0793. The lowest BCUT2D eigenvalue weighted by atomic mass is 10.1. The molecule has 5 heteroatoms. The summed E-state index contributed by atoms with van der Waals surface area (Å²) in [6.45, 7) is 4.07. The first-order valence-electron chi connectivity index (χ1n) is 4.86. The second-order valence-electron chi connectivity index (χ2n) is 3.67. The predicted octanol–water partition coefficient (Wildman–Crippen LogP) is 0.531. The Bertz CT molecular complexity index is 265. The van der Waals surface area contributed by atoms with Crippen LogP contribution in [0.15, 0.2) is 11.3 Å². The number of hydrogen-bond acceptors (Lipinski definition) is 4. The molecule has 2 N–H and O–H groups in total. The van der Waals surface area contributed by atoms with Gasteiger partial charge in [-0.1, -0.05) is 0 Å². The van der Waals surface area contributed by atoms with Crippen LogP contribution >= 0.6 is 0 Å². The zero-order chi connectivity index (χ0) is 11.4. The van der Waals surface area contributed by atoms with Gasteiger partial charge >= 0.3 is 5.97 Å². The number of carbonyl (C=O) groups is 1. The van der Waals surface area contributed by atoms with Gasteiger partial charge < -0.3 is 19.7 Å². The molecule has 0 aromatic rings. The average molecular weight is 216 g/mol. The summed E-state index contributed by atoms with van der Waals surface area (Å²) >= 11 is 0. The molecule has 1 heterocycles. The maximum absolute atomic E-state index is 10.7. The monoisotopic (exact) mass is 216 g/mol. The lowest BCUT2D eigenvalue weighted by molar-refractivity contribution is -0.132. The zero-order valence-corrected chi connectivity index (χ0v) is 8.90. The molecule has 5 nitrogen and oxygen atoms in total. The maximum Gasteiger partial charge on any atom is 0.334 e. The topological polar surface area (TPSA) is 79.3 Å². The van der Waals surface area contributed by atoms with Crippen LogP contribution in [0.2, 0.25) is 0 Å². The van der Waals surface area contributed by atoms with Crippen molar-refractivity contribution in [1.82, 2.24) is 0 Å². The van der Waals surface area contributed by atoms with E-state index in [1.54, 1.807) is 6.92 Å². The summed E-state index contributed by atoms with van der Waals surface area (Å²) in [4.78, 5) is 10.7. The van der Waals surface area contributed by atoms with Crippen LogP contribution in [0, 0.1) is 0 Å². The van der Waals surface area contributed by atoms with Crippen LogP contribution in [-0.4, -0.2) is 41.6 Å². The Morgan fingerprint density at radius 3 is 2.67 bits per heavy atom. The van der Waals surface area contributed by atoms with E-state index in [9.17, 15) is 9.90 Å². The molecule has 1 rings (SSSR count). The minimum atomic E-state index is -1.03. The summed E-state index contributed by atoms with van der Waals surface area (Å²) in [7, 11) is 0. The van der Waals surface area contributed by atoms with Gasteiger partial charge in [0.15, 0.2) is 0 Å². The number of rotatable bonds is 6. The Morgan fingerprint density at radius 1 is 1.67 bits per heavy atom. The maximum atomic E-state index is 10.7. The minimum Gasteiger partial charge on any atom is -0.494 e. The molecule has 0 amide bonds. The second kappa shape index (κ2) is 5.14. The molecule has 0 radical (unpaired) electrons. The van der Waals surface area contributed by atoms with E-state index in [4.69, 9.17) is 14.6 Å². The fraction of sp³-hybridized carbons (Fsp3) is 0.700. The Kier molecular flexibility index (Phi) is 4.11. The number of carboxylic acids is 1. The van der Waals surface area contributed by atoms with Gasteiger partial charge in [-0.25, -0.2) is 4.79 Å². The smallest absolute Gasteiger partial charge is 0.334 e. The largest absolute Gasteiger partial charge is 0.494 e. The second-order valence-corrected chi connectivity index (χ2v) is 3.67. The van der Waals surface area contributed by atoms with Crippen LogP contribution < -0.4 is 0 Å². The third-order valence-corrected chi connectivity index (χ3v) is 2.07. The van der Waals surface area contributed by atoms with E-state index >= 15 is 0 Å². The zero-order valence-electron chi connectivity index (χ0n) is 8.90. The van der Waals surface area contributed by atoms with Crippen LogP contribution in [0.5, 0.6) is 0 Å². The van der Waals surface area contributed by atoms with Crippen molar-refractivity contribution < 1.29 is 24.5 Å². The molecule has 0 saturated carbocycles. The summed E-state index contributed by atoms with van der Waals surface area (Å²) < 4.78 is 10.3. The molecule has 1 fully saturated rings. The first-order chi connectivity index (χ1) is 7.00. The Balaban J connectivity index is 2.57. The van der Waals surface area contributed by atoms with Crippen molar-refractivity contribution in [3.8, 4) is 0 Å². The van der Waals surface area contributed by atoms with Gasteiger partial charge in [0, 0.05) is 6.42 Å². The molecular formula is C10H16O5. The molecule has 15 heavy (non-hydrogen) atoms. The highest BCUT2D eigenvalue weighted by molar-refractivity contribution is 5.86. The van der Waals surface area contributed by atoms with Crippen LogP contribution in [0.1, 0.15) is 20.3 Å². The van der Waals surface area contributed by atoms with Gasteiger partial charge in [-0.05, 0) is 13.8 Å². The van der Waals surface area contributed by atoms with Crippen molar-refractivity contribution in [1.29, 1.82) is 0 Å². The quantitative estimate of drug-likeness (QED) is 0.384. The van der Waals surface area contributed by atoms with Crippen molar-refractivity contribution in [2.75, 3.05) is 13.2 Å². The van der Waals surface area contributed by atoms with Gasteiger partial charge in [0.2, 0.25) is 0 Å². The van der Waals surface area contributed by atoms with E-state index < -0.39 is 12.1 Å². The van der Waals surface area contributed by atoms with Gasteiger partial charge in [-0.15, -0.1) is 0 Å². The van der Waals surface area contributed by atoms with Crippen molar-refractivity contribution in [3.63, 3.8) is 0 Å². The lowest BCUT2D eigenvalue weighted by Crippen LogP contribution is -2.12. The number of aliphatic carboxylic acids is 1. The Labute approximate surface area is 88.3 Å². The third-order valence-electron chi connectivity index (χ3n) is 2.07. The van der Waals surface area contributed by atoms with E-state index in [1.165, 1.54) is 6.92 Å². The lowest BCUT2D eigenvalue weighted by Gasteiger charge is -2.13. The number of aliphatic hydroxyl groups excluding tert-OH is 1. The molecule has 1 aliphatic rings. The molecule has 1 aliphatic heterocycles. The SMILES string of the molecule is CC(C(=O)O)=C(CC(C)O)OCC1CO1. The summed E-state index contributed by atoms with van der Waals surface area (Å²) in [5.74, 6) is -0.699. The van der Waals surface area contributed by atoms with Gasteiger partial charge in [0.25, 0.3) is 0 Å². The number of ether oxygens (including phenoxy) is 2. The van der Waals surface area contributed by atoms with Crippen LogP contribution in [0.25, 0.3) is 0 Å². The molecule has 0 aromatic heterocycles. The summed E-state index contributed by atoms with van der Waals surface area (Å²) in [5.41, 5.74) is 0.136. The van der Waals surface area contributed by atoms with Gasteiger partial charge in [-0.2, -0.15) is 0 Å². The van der Waals surface area contributed by atoms with Crippen molar-refractivity contribution in [2.45, 2.75) is 32.5 Å². The van der Waals surface area contributed by atoms with Crippen LogP contribution in [0.4, 0.5) is 0 Å². The van der Waals surface area contributed by atoms with Gasteiger partial charge in [0.1, 0.15) is 18.5 Å². The van der Waals surface area contributed by atoms with Gasteiger partial charge in [-0.3, -0.25) is 0 Å². The standard InChI is InChI=1S/C10H16O5/c1-6(11)3-9(7(2)10(12)13)15-5-8-4-14-8/h6,8,11H,3-5H2,1-2H3,(H,12,13). The third kappa shape index (κ3) is 4.31. The molecule has 0 spiro atoms. The molecular weight excluding hydrogens is 200 g/mol. The van der Waals surface area contributed by atoms with Crippen molar-refractivity contribution in [2.24, 2.45) is 0 Å². The van der Waals surface area contributed by atoms with Crippen LogP contribution in [0.3, 0.4) is 0 Å².